The van der Waals surface area contributed by atoms with Crippen LogP contribution in [0.4, 0.5) is 9.52 Å². The summed E-state index contributed by atoms with van der Waals surface area (Å²) in [6.45, 7) is 1.58. The molecule has 1 N–H and O–H groups in total. The molecule has 3 aromatic rings. The molecule has 0 aliphatic heterocycles. The van der Waals surface area contributed by atoms with E-state index in [2.05, 4.69) is 19.1 Å². The first-order valence-corrected chi connectivity index (χ1v) is 9.54. The van der Waals surface area contributed by atoms with Crippen LogP contribution in [0.15, 0.2) is 48.5 Å². The highest BCUT2D eigenvalue weighted by Gasteiger charge is 2.20. The van der Waals surface area contributed by atoms with Crippen molar-refractivity contribution in [2.45, 2.75) is 12.8 Å². The predicted octanol–water partition coefficient (Wildman–Crippen LogP) is 2.55. The highest BCUT2D eigenvalue weighted by molar-refractivity contribution is 7.22. The molecular formula is C20H23FN3OS+. The summed E-state index contributed by atoms with van der Waals surface area (Å²) in [4.78, 5) is 20.6. The SMILES string of the molecule is C[NH+](C)CCCN(C(=O)Cc1ccccc1)c1nc2ccc(F)cc2s1. The number of anilines is 1. The number of hydrogen-bond acceptors (Lipinski definition) is 3. The lowest BCUT2D eigenvalue weighted by molar-refractivity contribution is -0.858. The van der Waals surface area contributed by atoms with E-state index in [0.717, 1.165) is 28.7 Å². The molecule has 0 saturated heterocycles. The van der Waals surface area contributed by atoms with E-state index >= 15 is 0 Å². The Hall–Kier alpha value is -2.31. The monoisotopic (exact) mass is 372 g/mol. The molecule has 1 amide bonds. The molecule has 1 heterocycles. The average molecular weight is 372 g/mol. The molecule has 0 aliphatic carbocycles. The highest BCUT2D eigenvalue weighted by atomic mass is 32.1. The number of amides is 1. The van der Waals surface area contributed by atoms with Crippen molar-refractivity contribution in [3.63, 3.8) is 0 Å². The number of aromatic nitrogens is 1. The number of fused-ring (bicyclic) bond motifs is 1. The number of quaternary nitrogens is 1. The Morgan fingerprint density at radius 3 is 2.69 bits per heavy atom. The summed E-state index contributed by atoms with van der Waals surface area (Å²) in [5, 5.41) is 0.639. The fraction of sp³-hybridized carbons (Fsp3) is 0.300. The number of carbonyl (C=O) groups excluding carboxylic acids is 1. The molecule has 0 spiro atoms. The van der Waals surface area contributed by atoms with Crippen molar-refractivity contribution in [2.24, 2.45) is 0 Å². The summed E-state index contributed by atoms with van der Waals surface area (Å²) < 4.78 is 14.2. The molecule has 2 aromatic carbocycles. The molecule has 0 fully saturated rings. The summed E-state index contributed by atoms with van der Waals surface area (Å²) >= 11 is 1.36. The van der Waals surface area contributed by atoms with Crippen molar-refractivity contribution >= 4 is 32.6 Å². The van der Waals surface area contributed by atoms with E-state index in [4.69, 9.17) is 0 Å². The molecule has 3 rings (SSSR count). The second-order valence-electron chi connectivity index (χ2n) is 6.63. The summed E-state index contributed by atoms with van der Waals surface area (Å²) in [6.07, 6.45) is 1.22. The molecule has 6 heteroatoms. The number of thiazole rings is 1. The predicted molar refractivity (Wildman–Crippen MR) is 104 cm³/mol. The van der Waals surface area contributed by atoms with Gasteiger partial charge in [0.1, 0.15) is 5.82 Å². The van der Waals surface area contributed by atoms with E-state index in [1.54, 1.807) is 11.0 Å². The fourth-order valence-electron chi connectivity index (χ4n) is 2.79. The number of halogens is 1. The number of rotatable bonds is 7. The van der Waals surface area contributed by atoms with Gasteiger partial charge in [-0.1, -0.05) is 41.7 Å². The number of nitrogens with one attached hydrogen (secondary N) is 1. The lowest BCUT2D eigenvalue weighted by atomic mass is 10.1. The van der Waals surface area contributed by atoms with Crippen molar-refractivity contribution in [2.75, 3.05) is 32.1 Å². The Morgan fingerprint density at radius 1 is 1.19 bits per heavy atom. The van der Waals surface area contributed by atoms with E-state index in [1.807, 2.05) is 30.3 Å². The van der Waals surface area contributed by atoms with E-state index in [1.165, 1.54) is 28.4 Å². The van der Waals surface area contributed by atoms with Crippen LogP contribution < -0.4 is 9.80 Å². The molecule has 1 aromatic heterocycles. The number of hydrogen-bond donors (Lipinski definition) is 1. The third kappa shape index (κ3) is 4.65. The van der Waals surface area contributed by atoms with E-state index in [9.17, 15) is 9.18 Å². The third-order valence-electron chi connectivity index (χ3n) is 4.13. The molecule has 0 bridgehead atoms. The standard InChI is InChI=1S/C20H22FN3OS/c1-23(2)11-6-12-24(19(25)13-15-7-4-3-5-8-15)20-22-17-10-9-16(21)14-18(17)26-20/h3-5,7-10,14H,6,11-13H2,1-2H3/p+1. The summed E-state index contributed by atoms with van der Waals surface area (Å²) in [7, 11) is 4.19. The van der Waals surface area contributed by atoms with Crippen molar-refractivity contribution in [3.8, 4) is 0 Å². The topological polar surface area (TPSA) is 37.6 Å². The Bertz CT molecular complexity index is 879. The second kappa shape index (κ2) is 8.38. The molecule has 26 heavy (non-hydrogen) atoms. The summed E-state index contributed by atoms with van der Waals surface area (Å²) in [6, 6.07) is 14.2. The minimum absolute atomic E-state index is 0.0180. The molecule has 0 atom stereocenters. The first-order chi connectivity index (χ1) is 12.5. The van der Waals surface area contributed by atoms with Gasteiger partial charge in [0.05, 0.1) is 37.3 Å². The maximum atomic E-state index is 13.5. The first kappa shape index (κ1) is 18.5. The zero-order valence-electron chi connectivity index (χ0n) is 15.0. The van der Waals surface area contributed by atoms with Gasteiger partial charge in [-0.3, -0.25) is 9.69 Å². The van der Waals surface area contributed by atoms with Crippen LogP contribution >= 0.6 is 11.3 Å². The Balaban J connectivity index is 1.84. The van der Waals surface area contributed by atoms with Crippen molar-refractivity contribution in [3.05, 3.63) is 59.9 Å². The minimum atomic E-state index is -0.286. The van der Waals surface area contributed by atoms with Gasteiger partial charge in [-0.05, 0) is 23.8 Å². The van der Waals surface area contributed by atoms with Crippen molar-refractivity contribution in [1.29, 1.82) is 0 Å². The van der Waals surface area contributed by atoms with Crippen LogP contribution in [-0.4, -0.2) is 38.1 Å². The largest absolute Gasteiger partial charge is 0.340 e. The first-order valence-electron chi connectivity index (χ1n) is 8.72. The summed E-state index contributed by atoms with van der Waals surface area (Å²) in [5.41, 5.74) is 1.70. The Labute approximate surface area is 156 Å². The van der Waals surface area contributed by atoms with Crippen LogP contribution in [0.2, 0.25) is 0 Å². The van der Waals surface area contributed by atoms with Gasteiger partial charge in [-0.2, -0.15) is 0 Å². The molecule has 0 aliphatic rings. The maximum absolute atomic E-state index is 13.5. The average Bonchev–Trinajstić information content (AvgIpc) is 3.01. The number of nitrogens with zero attached hydrogens (tertiary/aromatic N) is 2. The lowest BCUT2D eigenvalue weighted by Gasteiger charge is -2.20. The molecule has 0 unspecified atom stereocenters. The van der Waals surface area contributed by atoms with E-state index < -0.39 is 0 Å². The quantitative estimate of drug-likeness (QED) is 0.692. The van der Waals surface area contributed by atoms with Gasteiger partial charge in [0, 0.05) is 13.0 Å². The van der Waals surface area contributed by atoms with Gasteiger partial charge < -0.3 is 4.90 Å². The zero-order valence-corrected chi connectivity index (χ0v) is 15.9. The van der Waals surface area contributed by atoms with Gasteiger partial charge in [0.15, 0.2) is 5.13 Å². The smallest absolute Gasteiger partial charge is 0.233 e. The second-order valence-corrected chi connectivity index (χ2v) is 7.64. The van der Waals surface area contributed by atoms with Gasteiger partial charge in [0.2, 0.25) is 5.91 Å². The van der Waals surface area contributed by atoms with Gasteiger partial charge in [0.25, 0.3) is 0 Å². The van der Waals surface area contributed by atoms with Gasteiger partial charge in [-0.25, -0.2) is 9.37 Å². The van der Waals surface area contributed by atoms with Crippen molar-refractivity contribution < 1.29 is 14.1 Å². The minimum Gasteiger partial charge on any atom is -0.340 e. The zero-order chi connectivity index (χ0) is 18.5. The lowest BCUT2D eigenvalue weighted by Crippen LogP contribution is -3.05. The van der Waals surface area contributed by atoms with Crippen LogP contribution in [0.3, 0.4) is 0 Å². The molecule has 136 valence electrons. The Kier molecular flexibility index (Phi) is 5.96. The van der Waals surface area contributed by atoms with Crippen LogP contribution in [-0.2, 0) is 11.2 Å². The fourth-order valence-corrected chi connectivity index (χ4v) is 3.82. The van der Waals surface area contributed by atoms with Gasteiger partial charge in [-0.15, -0.1) is 0 Å². The molecule has 4 nitrogen and oxygen atoms in total. The third-order valence-corrected chi connectivity index (χ3v) is 5.17. The van der Waals surface area contributed by atoms with E-state index in [-0.39, 0.29) is 11.7 Å². The van der Waals surface area contributed by atoms with Crippen LogP contribution in [0.1, 0.15) is 12.0 Å². The normalized spacial score (nSPS) is 11.2. The van der Waals surface area contributed by atoms with Gasteiger partial charge >= 0.3 is 0 Å². The molecular weight excluding hydrogens is 349 g/mol. The molecule has 0 radical (unpaired) electrons. The van der Waals surface area contributed by atoms with Crippen molar-refractivity contribution in [1.82, 2.24) is 4.98 Å². The van der Waals surface area contributed by atoms with Crippen LogP contribution in [0, 0.1) is 5.82 Å². The number of carbonyl (C=O) groups is 1. The molecule has 0 saturated carbocycles. The van der Waals surface area contributed by atoms with Crippen LogP contribution in [0.5, 0.6) is 0 Å². The van der Waals surface area contributed by atoms with Crippen LogP contribution in [0.25, 0.3) is 10.2 Å². The summed E-state index contributed by atoms with van der Waals surface area (Å²) in [5.74, 6) is -0.268. The highest BCUT2D eigenvalue weighted by Crippen LogP contribution is 2.30. The number of benzene rings is 2. The van der Waals surface area contributed by atoms with E-state index in [0.29, 0.717) is 18.1 Å². The Morgan fingerprint density at radius 2 is 1.96 bits per heavy atom. The maximum Gasteiger partial charge on any atom is 0.233 e.